The smallest absolute Gasteiger partial charge is 0.414 e. The second-order valence-electron chi connectivity index (χ2n) is 7.15. The van der Waals surface area contributed by atoms with Crippen LogP contribution in [0.25, 0.3) is 11.3 Å². The molecule has 0 spiro atoms. The van der Waals surface area contributed by atoms with E-state index in [0.717, 1.165) is 35.8 Å². The number of benzene rings is 1. The molecule has 0 amide bonds. The maximum absolute atomic E-state index is 9.10. The summed E-state index contributed by atoms with van der Waals surface area (Å²) in [7, 11) is 0. The second-order valence-corrected chi connectivity index (χ2v) is 7.15. The molecule has 2 unspecified atom stereocenters. The van der Waals surface area contributed by atoms with Gasteiger partial charge < -0.3 is 19.7 Å². The molecule has 2 N–H and O–H groups in total. The van der Waals surface area contributed by atoms with E-state index in [4.69, 9.17) is 34.3 Å². The van der Waals surface area contributed by atoms with Crippen molar-refractivity contribution in [1.82, 2.24) is 9.88 Å². The van der Waals surface area contributed by atoms with Crippen molar-refractivity contribution in [3.8, 4) is 22.8 Å². The van der Waals surface area contributed by atoms with E-state index in [9.17, 15) is 0 Å². The number of aliphatic carboxylic acids is 2. The molecular formula is C21H20N2O6. The summed E-state index contributed by atoms with van der Waals surface area (Å²) in [6.07, 6.45) is 7.91. The Hall–Kier alpha value is -3.39. The van der Waals surface area contributed by atoms with E-state index in [2.05, 4.69) is 29.2 Å². The van der Waals surface area contributed by atoms with Crippen LogP contribution >= 0.6 is 0 Å². The monoisotopic (exact) mass is 396 g/mol. The van der Waals surface area contributed by atoms with E-state index in [0.29, 0.717) is 6.79 Å². The van der Waals surface area contributed by atoms with Gasteiger partial charge in [-0.2, -0.15) is 0 Å². The van der Waals surface area contributed by atoms with Crippen LogP contribution < -0.4 is 9.47 Å². The number of hydrogen-bond acceptors (Lipinski definition) is 6. The van der Waals surface area contributed by atoms with Gasteiger partial charge in [0, 0.05) is 30.3 Å². The number of ether oxygens (including phenoxy) is 2. The molecule has 0 radical (unpaired) electrons. The lowest BCUT2D eigenvalue weighted by Gasteiger charge is -2.29. The molecule has 29 heavy (non-hydrogen) atoms. The molecule has 2 bridgehead atoms. The van der Waals surface area contributed by atoms with E-state index in [1.807, 2.05) is 24.4 Å². The summed E-state index contributed by atoms with van der Waals surface area (Å²) in [5.41, 5.74) is 3.52. The Balaban J connectivity index is 0.000000302. The van der Waals surface area contributed by atoms with E-state index < -0.39 is 11.9 Å². The van der Waals surface area contributed by atoms with Crippen molar-refractivity contribution >= 4 is 11.9 Å². The van der Waals surface area contributed by atoms with Crippen molar-refractivity contribution in [3.63, 3.8) is 0 Å². The fourth-order valence-electron chi connectivity index (χ4n) is 3.88. The van der Waals surface area contributed by atoms with Crippen LogP contribution in [-0.4, -0.2) is 58.5 Å². The van der Waals surface area contributed by atoms with Crippen molar-refractivity contribution in [2.45, 2.75) is 11.8 Å². The Morgan fingerprint density at radius 3 is 2.59 bits per heavy atom. The van der Waals surface area contributed by atoms with Crippen molar-refractivity contribution in [1.29, 1.82) is 0 Å². The first-order valence-corrected chi connectivity index (χ1v) is 9.20. The van der Waals surface area contributed by atoms with Gasteiger partial charge in [-0.3, -0.25) is 9.88 Å². The zero-order chi connectivity index (χ0) is 20.4. The minimum Gasteiger partial charge on any atom is -0.473 e. The molecule has 150 valence electrons. The van der Waals surface area contributed by atoms with Crippen LogP contribution in [0.3, 0.4) is 0 Å². The highest BCUT2D eigenvalue weighted by Gasteiger charge is 2.39. The van der Waals surface area contributed by atoms with Gasteiger partial charge in [-0.1, -0.05) is 18.2 Å². The van der Waals surface area contributed by atoms with Crippen LogP contribution in [0, 0.1) is 0 Å². The number of rotatable bonds is 2. The van der Waals surface area contributed by atoms with Crippen LogP contribution in [0.4, 0.5) is 0 Å². The Morgan fingerprint density at radius 1 is 1.07 bits per heavy atom. The first kappa shape index (κ1) is 18.9. The standard InChI is InChI=1S/C19H18N2O2.C2H2O4/c1-6-19(7-9-21(8-1)12-19)15-3-4-16(20-11-15)14-2-5-17-18(10-14)23-13-22-17;3-1(4)2(5)6/h1-6,10-11H,7-9,12-13H2;(H,3,4)(H,5,6). The normalized spacial score (nSPS) is 23.2. The number of aromatic nitrogens is 1. The van der Waals surface area contributed by atoms with Crippen molar-refractivity contribution in [3.05, 3.63) is 54.2 Å². The maximum Gasteiger partial charge on any atom is 0.414 e. The molecule has 1 saturated heterocycles. The summed E-state index contributed by atoms with van der Waals surface area (Å²) in [6.45, 7) is 3.69. The summed E-state index contributed by atoms with van der Waals surface area (Å²) in [6, 6.07) is 10.3. The zero-order valence-corrected chi connectivity index (χ0v) is 15.6. The second kappa shape index (κ2) is 7.56. The average molecular weight is 396 g/mol. The highest BCUT2D eigenvalue weighted by molar-refractivity contribution is 6.27. The number of hydrogen-bond donors (Lipinski definition) is 2. The number of fused-ring (bicyclic) bond motifs is 3. The molecule has 0 saturated carbocycles. The molecule has 3 aliphatic heterocycles. The summed E-state index contributed by atoms with van der Waals surface area (Å²) in [5, 5.41) is 14.8. The molecule has 1 aromatic heterocycles. The van der Waals surface area contributed by atoms with Gasteiger partial charge in [-0.15, -0.1) is 0 Å². The van der Waals surface area contributed by atoms with Gasteiger partial charge in [0.25, 0.3) is 0 Å². The molecule has 8 nitrogen and oxygen atoms in total. The van der Waals surface area contributed by atoms with Crippen LogP contribution in [0.15, 0.2) is 48.7 Å². The highest BCUT2D eigenvalue weighted by Crippen LogP contribution is 2.39. The number of nitrogens with zero attached hydrogens (tertiary/aromatic N) is 2. The molecular weight excluding hydrogens is 376 g/mol. The largest absolute Gasteiger partial charge is 0.473 e. The Bertz CT molecular complexity index is 960. The first-order chi connectivity index (χ1) is 14.0. The highest BCUT2D eigenvalue weighted by atomic mass is 16.7. The molecule has 3 aliphatic rings. The number of carboxylic acid groups (broad SMARTS) is 2. The lowest BCUT2D eigenvalue weighted by molar-refractivity contribution is -0.159. The molecule has 4 heterocycles. The fraction of sp³-hybridized carbons (Fsp3) is 0.286. The zero-order valence-electron chi connectivity index (χ0n) is 15.6. The van der Waals surface area contributed by atoms with Gasteiger partial charge in [-0.25, -0.2) is 9.59 Å². The fourth-order valence-corrected chi connectivity index (χ4v) is 3.88. The van der Waals surface area contributed by atoms with Crippen LogP contribution in [0.2, 0.25) is 0 Å². The molecule has 1 aromatic carbocycles. The summed E-state index contributed by atoms with van der Waals surface area (Å²) < 4.78 is 10.8. The third kappa shape index (κ3) is 3.79. The Labute approximate surface area is 167 Å². The van der Waals surface area contributed by atoms with Crippen molar-refractivity contribution in [2.24, 2.45) is 0 Å². The predicted molar refractivity (Wildman–Crippen MR) is 103 cm³/mol. The lowest BCUT2D eigenvalue weighted by Crippen LogP contribution is -2.33. The van der Waals surface area contributed by atoms with E-state index in [-0.39, 0.29) is 5.41 Å². The third-order valence-electron chi connectivity index (χ3n) is 5.37. The molecule has 1 fully saturated rings. The molecule has 2 atom stereocenters. The van der Waals surface area contributed by atoms with Gasteiger partial charge >= 0.3 is 11.9 Å². The molecule has 5 rings (SSSR count). The minimum atomic E-state index is -1.82. The Kier molecular flexibility index (Phi) is 4.94. The van der Waals surface area contributed by atoms with Crippen LogP contribution in [0.1, 0.15) is 12.0 Å². The minimum absolute atomic E-state index is 0.165. The van der Waals surface area contributed by atoms with E-state index in [1.54, 1.807) is 0 Å². The molecule has 2 aromatic rings. The summed E-state index contributed by atoms with van der Waals surface area (Å²) in [4.78, 5) is 25.4. The van der Waals surface area contributed by atoms with E-state index >= 15 is 0 Å². The van der Waals surface area contributed by atoms with Gasteiger partial charge in [0.05, 0.1) is 5.69 Å². The van der Waals surface area contributed by atoms with Crippen LogP contribution in [0.5, 0.6) is 11.5 Å². The van der Waals surface area contributed by atoms with Crippen molar-refractivity contribution < 1.29 is 29.3 Å². The third-order valence-corrected chi connectivity index (χ3v) is 5.37. The number of carboxylic acids is 2. The predicted octanol–water partition coefficient (Wildman–Crippen LogP) is 2.15. The quantitative estimate of drug-likeness (QED) is 0.587. The van der Waals surface area contributed by atoms with Gasteiger partial charge in [0.2, 0.25) is 6.79 Å². The van der Waals surface area contributed by atoms with E-state index in [1.165, 1.54) is 18.5 Å². The molecule has 0 aliphatic carbocycles. The summed E-state index contributed by atoms with van der Waals surface area (Å²) >= 11 is 0. The van der Waals surface area contributed by atoms with Gasteiger partial charge in [0.1, 0.15) is 0 Å². The molecule has 8 heteroatoms. The average Bonchev–Trinajstić information content (AvgIpc) is 3.32. The SMILES string of the molecule is C1=CC2(c3ccc(-c4ccc5c(c4)OCO5)nc3)CCN(C1)C2.O=C(O)C(=O)O. The summed E-state index contributed by atoms with van der Waals surface area (Å²) in [5.74, 6) is -2.04. The van der Waals surface area contributed by atoms with Gasteiger partial charge in [0.15, 0.2) is 11.5 Å². The first-order valence-electron chi connectivity index (χ1n) is 9.20. The lowest BCUT2D eigenvalue weighted by atomic mass is 9.79. The Morgan fingerprint density at radius 2 is 1.86 bits per heavy atom. The van der Waals surface area contributed by atoms with Gasteiger partial charge in [-0.05, 0) is 42.8 Å². The maximum atomic E-state index is 9.10. The number of carbonyl (C=O) groups is 2. The van der Waals surface area contributed by atoms with Crippen LogP contribution in [-0.2, 0) is 15.0 Å². The topological polar surface area (TPSA) is 109 Å². The number of pyridine rings is 1. The van der Waals surface area contributed by atoms with Crippen molar-refractivity contribution in [2.75, 3.05) is 26.4 Å².